The Bertz CT molecular complexity index is 1160. The molecule has 0 saturated heterocycles. The van der Waals surface area contributed by atoms with E-state index in [0.717, 1.165) is 17.7 Å². The maximum atomic E-state index is 13.7. The number of anilines is 1. The van der Waals surface area contributed by atoms with E-state index in [2.05, 4.69) is 9.97 Å². The molecule has 2 heterocycles. The van der Waals surface area contributed by atoms with Gasteiger partial charge in [-0.25, -0.2) is 23.5 Å². The molecule has 0 spiro atoms. The van der Waals surface area contributed by atoms with E-state index in [4.69, 9.17) is 4.74 Å². The molecule has 0 radical (unpaired) electrons. The molecule has 0 fully saturated rings. The van der Waals surface area contributed by atoms with Crippen molar-refractivity contribution in [2.75, 3.05) is 11.9 Å². The number of hydrogen-bond donors (Lipinski definition) is 1. The van der Waals surface area contributed by atoms with Gasteiger partial charge in [0, 0.05) is 36.6 Å². The topological polar surface area (TPSA) is 92.6 Å². The first-order valence-corrected chi connectivity index (χ1v) is 9.82. The summed E-state index contributed by atoms with van der Waals surface area (Å²) in [4.78, 5) is 34.5. The van der Waals surface area contributed by atoms with Gasteiger partial charge in [0.2, 0.25) is 5.91 Å². The van der Waals surface area contributed by atoms with Gasteiger partial charge in [-0.15, -0.1) is 0 Å². The van der Waals surface area contributed by atoms with Crippen LogP contribution in [0.2, 0.25) is 0 Å². The normalized spacial score (nSPS) is 15.4. The summed E-state index contributed by atoms with van der Waals surface area (Å²) in [5.74, 6) is -4.52. The number of hydrogen-bond acceptors (Lipinski definition) is 6. The number of carbonyl (C=O) groups is 2. The Labute approximate surface area is 182 Å². The number of halogens is 2. The predicted octanol–water partition coefficient (Wildman–Crippen LogP) is 3.20. The Hall–Kier alpha value is -3.88. The number of fused-ring (bicyclic) bond motifs is 1. The summed E-state index contributed by atoms with van der Waals surface area (Å²) in [6.07, 6.45) is 4.85. The quantitative estimate of drug-likeness (QED) is 0.614. The fourth-order valence-corrected chi connectivity index (χ4v) is 3.77. The minimum absolute atomic E-state index is 0.0236. The average Bonchev–Trinajstić information content (AvgIpc) is 2.79. The number of aromatic nitrogens is 2. The summed E-state index contributed by atoms with van der Waals surface area (Å²) in [6.45, 7) is 0.0236. The van der Waals surface area contributed by atoms with Crippen LogP contribution in [0.5, 0.6) is 5.75 Å². The van der Waals surface area contributed by atoms with Crippen molar-refractivity contribution < 1.29 is 28.2 Å². The van der Waals surface area contributed by atoms with Crippen LogP contribution in [0.15, 0.2) is 49.1 Å². The Morgan fingerprint density at radius 1 is 1.16 bits per heavy atom. The SMILES string of the molecule is CN1C(=O)C(Cc2cc(F)c(O)c(F)c2)Cc2cc(C(=O)OCc3cncnc3)ccc21. The number of esters is 1. The zero-order valence-corrected chi connectivity index (χ0v) is 17.1. The highest BCUT2D eigenvalue weighted by Gasteiger charge is 2.31. The van der Waals surface area contributed by atoms with E-state index in [1.807, 2.05) is 0 Å². The molecular formula is C23H19F2N3O4. The van der Waals surface area contributed by atoms with E-state index < -0.39 is 29.3 Å². The molecule has 0 aliphatic carbocycles. The molecule has 9 heteroatoms. The summed E-state index contributed by atoms with van der Waals surface area (Å²) in [6, 6.07) is 6.95. The number of nitrogens with zero attached hydrogens (tertiary/aromatic N) is 3. The molecule has 0 saturated carbocycles. The highest BCUT2D eigenvalue weighted by Crippen LogP contribution is 2.33. The molecule has 32 heavy (non-hydrogen) atoms. The van der Waals surface area contributed by atoms with E-state index in [1.165, 1.54) is 11.2 Å². The zero-order valence-electron chi connectivity index (χ0n) is 17.1. The summed E-state index contributed by atoms with van der Waals surface area (Å²) < 4.78 is 32.7. The lowest BCUT2D eigenvalue weighted by atomic mass is 9.86. The van der Waals surface area contributed by atoms with E-state index in [-0.39, 0.29) is 30.9 Å². The van der Waals surface area contributed by atoms with E-state index >= 15 is 0 Å². The van der Waals surface area contributed by atoms with Gasteiger partial charge in [0.25, 0.3) is 0 Å². The standard InChI is InChI=1S/C23H19F2N3O4/c1-28-20-3-2-15(23(31)32-11-14-9-26-12-27-10-14)7-16(20)8-17(22(28)30)4-13-5-18(24)21(29)19(25)6-13/h2-3,5-7,9-10,12,17,29H,4,8,11H2,1H3. The summed E-state index contributed by atoms with van der Waals surface area (Å²) >= 11 is 0. The monoisotopic (exact) mass is 439 g/mol. The molecule has 1 amide bonds. The van der Waals surface area contributed by atoms with Gasteiger partial charge in [-0.1, -0.05) is 0 Å². The zero-order chi connectivity index (χ0) is 22.8. The van der Waals surface area contributed by atoms with Crippen molar-refractivity contribution in [1.29, 1.82) is 0 Å². The van der Waals surface area contributed by atoms with Crippen LogP contribution in [0.4, 0.5) is 14.5 Å². The maximum absolute atomic E-state index is 13.7. The van der Waals surface area contributed by atoms with Crippen LogP contribution in [-0.2, 0) is 29.0 Å². The Morgan fingerprint density at radius 2 is 1.84 bits per heavy atom. The number of ether oxygens (including phenoxy) is 1. The van der Waals surface area contributed by atoms with Gasteiger partial charge in [0.05, 0.1) is 5.56 Å². The minimum Gasteiger partial charge on any atom is -0.503 e. The molecule has 4 rings (SSSR count). The fraction of sp³-hybridized carbons (Fsp3) is 0.217. The number of benzene rings is 2. The Balaban J connectivity index is 1.52. The number of rotatable bonds is 5. The van der Waals surface area contributed by atoms with Gasteiger partial charge in [-0.3, -0.25) is 4.79 Å². The summed E-state index contributed by atoms with van der Waals surface area (Å²) in [5.41, 5.74) is 2.63. The first-order chi connectivity index (χ1) is 15.3. The van der Waals surface area contributed by atoms with Crippen molar-refractivity contribution in [3.05, 3.63) is 82.9 Å². The minimum atomic E-state index is -1.08. The van der Waals surface area contributed by atoms with Gasteiger partial charge in [0.1, 0.15) is 12.9 Å². The number of amides is 1. The lowest BCUT2D eigenvalue weighted by molar-refractivity contribution is -0.122. The average molecular weight is 439 g/mol. The third-order valence-corrected chi connectivity index (χ3v) is 5.37. The van der Waals surface area contributed by atoms with Crippen molar-refractivity contribution in [3.8, 4) is 5.75 Å². The number of carbonyl (C=O) groups excluding carboxylic acids is 2. The van der Waals surface area contributed by atoms with Gasteiger partial charge < -0.3 is 14.7 Å². The lowest BCUT2D eigenvalue weighted by Crippen LogP contribution is -2.39. The Kier molecular flexibility index (Phi) is 5.81. The molecule has 7 nitrogen and oxygen atoms in total. The van der Waals surface area contributed by atoms with Crippen molar-refractivity contribution in [2.24, 2.45) is 5.92 Å². The molecule has 1 aliphatic heterocycles. The molecule has 0 bridgehead atoms. The maximum Gasteiger partial charge on any atom is 0.338 e. The van der Waals surface area contributed by atoms with E-state index in [9.17, 15) is 23.5 Å². The second-order valence-corrected chi connectivity index (χ2v) is 7.58. The smallest absolute Gasteiger partial charge is 0.338 e. The van der Waals surface area contributed by atoms with Crippen LogP contribution in [0, 0.1) is 17.6 Å². The molecule has 1 N–H and O–H groups in total. The van der Waals surface area contributed by atoms with Gasteiger partial charge in [-0.2, -0.15) is 0 Å². The summed E-state index contributed by atoms with van der Waals surface area (Å²) in [7, 11) is 1.61. The molecule has 1 aliphatic rings. The van der Waals surface area contributed by atoms with Crippen molar-refractivity contribution in [3.63, 3.8) is 0 Å². The van der Waals surface area contributed by atoms with Gasteiger partial charge in [-0.05, 0) is 54.3 Å². The number of aromatic hydroxyl groups is 1. The lowest BCUT2D eigenvalue weighted by Gasteiger charge is -2.32. The van der Waals surface area contributed by atoms with Crippen molar-refractivity contribution >= 4 is 17.6 Å². The first-order valence-electron chi connectivity index (χ1n) is 9.82. The van der Waals surface area contributed by atoms with Crippen LogP contribution < -0.4 is 4.90 Å². The van der Waals surface area contributed by atoms with Crippen LogP contribution >= 0.6 is 0 Å². The molecular weight excluding hydrogens is 420 g/mol. The second-order valence-electron chi connectivity index (χ2n) is 7.58. The Morgan fingerprint density at radius 3 is 2.53 bits per heavy atom. The molecule has 1 aromatic heterocycles. The van der Waals surface area contributed by atoms with Crippen LogP contribution in [-0.4, -0.2) is 34.0 Å². The van der Waals surface area contributed by atoms with Crippen molar-refractivity contribution in [2.45, 2.75) is 19.4 Å². The van der Waals surface area contributed by atoms with E-state index in [0.29, 0.717) is 16.8 Å². The second kappa shape index (κ2) is 8.70. The van der Waals surface area contributed by atoms with E-state index in [1.54, 1.807) is 37.6 Å². The van der Waals surface area contributed by atoms with Gasteiger partial charge in [0.15, 0.2) is 17.4 Å². The predicted molar refractivity (Wildman–Crippen MR) is 110 cm³/mol. The van der Waals surface area contributed by atoms with Crippen LogP contribution in [0.25, 0.3) is 0 Å². The van der Waals surface area contributed by atoms with Gasteiger partial charge >= 0.3 is 5.97 Å². The molecule has 3 aromatic rings. The fourth-order valence-electron chi connectivity index (χ4n) is 3.77. The first kappa shape index (κ1) is 21.4. The van der Waals surface area contributed by atoms with Crippen LogP contribution in [0.1, 0.15) is 27.0 Å². The third-order valence-electron chi connectivity index (χ3n) is 5.37. The molecule has 1 unspecified atom stereocenters. The van der Waals surface area contributed by atoms with Crippen LogP contribution in [0.3, 0.4) is 0 Å². The molecule has 164 valence electrons. The van der Waals surface area contributed by atoms with Crippen molar-refractivity contribution in [1.82, 2.24) is 9.97 Å². The summed E-state index contributed by atoms with van der Waals surface area (Å²) in [5, 5.41) is 9.28. The molecule has 2 aromatic carbocycles. The third kappa shape index (κ3) is 4.27. The molecule has 1 atom stereocenters. The number of phenols is 1. The highest BCUT2D eigenvalue weighted by molar-refractivity contribution is 5.99. The largest absolute Gasteiger partial charge is 0.503 e. The highest BCUT2D eigenvalue weighted by atomic mass is 19.1. The number of phenolic OH excluding ortho intramolecular Hbond substituents is 1.